The molecule has 22 heavy (non-hydrogen) atoms. The molecule has 0 aliphatic rings. The molecule has 0 fully saturated rings. The van der Waals surface area contributed by atoms with E-state index in [0.29, 0.717) is 24.5 Å². The van der Waals surface area contributed by atoms with Gasteiger partial charge in [-0.2, -0.15) is 0 Å². The highest BCUT2D eigenvalue weighted by Crippen LogP contribution is 2.23. The quantitative estimate of drug-likeness (QED) is 0.703. The Balaban J connectivity index is 2.42. The monoisotopic (exact) mass is 309 g/mol. The van der Waals surface area contributed by atoms with Crippen LogP contribution in [0.3, 0.4) is 0 Å². The first-order valence-corrected chi connectivity index (χ1v) is 7.23. The first kappa shape index (κ1) is 17.8. The minimum absolute atomic E-state index is 0.192. The molecule has 6 nitrogen and oxygen atoms in total. The maximum atomic E-state index is 11.6. The number of carbonyl (C=O) groups excluding carboxylic acids is 2. The zero-order valence-corrected chi connectivity index (χ0v) is 13.3. The van der Waals surface area contributed by atoms with Crippen LogP contribution in [0.2, 0.25) is 0 Å². The molecule has 1 aromatic rings. The molecule has 0 unspecified atom stereocenters. The number of amides is 1. The van der Waals surface area contributed by atoms with Crippen molar-refractivity contribution >= 4 is 11.9 Å². The maximum absolute atomic E-state index is 11.6. The lowest BCUT2D eigenvalue weighted by Gasteiger charge is -2.09. The Kier molecular flexibility index (Phi) is 7.81. The highest BCUT2D eigenvalue weighted by atomic mass is 16.5. The van der Waals surface area contributed by atoms with Crippen molar-refractivity contribution in [2.75, 3.05) is 27.4 Å². The van der Waals surface area contributed by atoms with Crippen LogP contribution in [0.25, 0.3) is 0 Å². The fraction of sp³-hybridized carbons (Fsp3) is 0.500. The number of esters is 1. The summed E-state index contributed by atoms with van der Waals surface area (Å²) in [6.07, 6.45) is 1.53. The topological polar surface area (TPSA) is 73.9 Å². The van der Waals surface area contributed by atoms with Gasteiger partial charge >= 0.3 is 5.97 Å². The number of aryl methyl sites for hydroxylation is 1. The SMILES string of the molecule is CCCNC(=O)COC(=O)CCc1cc(OC)cc(OC)c1. The van der Waals surface area contributed by atoms with E-state index in [9.17, 15) is 9.59 Å². The predicted octanol–water partition coefficient (Wildman–Crippen LogP) is 1.71. The van der Waals surface area contributed by atoms with Crippen molar-refractivity contribution in [2.24, 2.45) is 0 Å². The van der Waals surface area contributed by atoms with E-state index < -0.39 is 5.97 Å². The van der Waals surface area contributed by atoms with Crippen molar-refractivity contribution in [2.45, 2.75) is 26.2 Å². The Morgan fingerprint density at radius 1 is 1.09 bits per heavy atom. The van der Waals surface area contributed by atoms with Gasteiger partial charge in [0, 0.05) is 19.0 Å². The lowest BCUT2D eigenvalue weighted by atomic mass is 10.1. The summed E-state index contributed by atoms with van der Waals surface area (Å²) in [4.78, 5) is 23.0. The van der Waals surface area contributed by atoms with Gasteiger partial charge in [0.15, 0.2) is 6.61 Å². The zero-order chi connectivity index (χ0) is 16.4. The predicted molar refractivity (Wildman–Crippen MR) is 82.1 cm³/mol. The van der Waals surface area contributed by atoms with Crippen molar-refractivity contribution in [1.82, 2.24) is 5.32 Å². The first-order valence-electron chi connectivity index (χ1n) is 7.23. The summed E-state index contributed by atoms with van der Waals surface area (Å²) in [5.41, 5.74) is 0.906. The Bertz CT molecular complexity index is 479. The third-order valence-electron chi connectivity index (χ3n) is 2.97. The first-order chi connectivity index (χ1) is 10.6. The number of ether oxygens (including phenoxy) is 3. The average molecular weight is 309 g/mol. The molecule has 6 heteroatoms. The summed E-state index contributed by atoms with van der Waals surface area (Å²) in [6, 6.07) is 5.44. The summed E-state index contributed by atoms with van der Waals surface area (Å²) in [5.74, 6) is 0.648. The number of benzene rings is 1. The summed E-state index contributed by atoms with van der Waals surface area (Å²) >= 11 is 0. The van der Waals surface area contributed by atoms with Crippen molar-refractivity contribution in [3.8, 4) is 11.5 Å². The van der Waals surface area contributed by atoms with Crippen LogP contribution >= 0.6 is 0 Å². The van der Waals surface area contributed by atoms with Gasteiger partial charge in [0.25, 0.3) is 5.91 Å². The summed E-state index contributed by atoms with van der Waals surface area (Å²) in [5, 5.41) is 2.64. The molecule has 1 N–H and O–H groups in total. The Morgan fingerprint density at radius 3 is 2.27 bits per heavy atom. The number of hydrogen-bond acceptors (Lipinski definition) is 5. The molecule has 1 aromatic carbocycles. The van der Waals surface area contributed by atoms with Crippen LogP contribution in [0.4, 0.5) is 0 Å². The molecule has 0 saturated carbocycles. The normalized spacial score (nSPS) is 9.95. The highest BCUT2D eigenvalue weighted by Gasteiger charge is 2.09. The Hall–Kier alpha value is -2.24. The molecule has 122 valence electrons. The van der Waals surface area contributed by atoms with E-state index >= 15 is 0 Å². The lowest BCUT2D eigenvalue weighted by molar-refractivity contribution is -0.148. The molecule has 1 rings (SSSR count). The minimum Gasteiger partial charge on any atom is -0.497 e. The number of rotatable bonds is 9. The standard InChI is InChI=1S/C16H23NO5/c1-4-7-17-15(18)11-22-16(19)6-5-12-8-13(20-2)10-14(9-12)21-3/h8-10H,4-7,11H2,1-3H3,(H,17,18). The van der Waals surface area contributed by atoms with Gasteiger partial charge in [-0.05, 0) is 30.5 Å². The second-order valence-electron chi connectivity index (χ2n) is 4.73. The number of carbonyl (C=O) groups is 2. The van der Waals surface area contributed by atoms with Gasteiger partial charge in [-0.25, -0.2) is 0 Å². The molecule has 0 spiro atoms. The largest absolute Gasteiger partial charge is 0.497 e. The van der Waals surface area contributed by atoms with Crippen LogP contribution in [0.5, 0.6) is 11.5 Å². The van der Waals surface area contributed by atoms with E-state index in [1.807, 2.05) is 19.1 Å². The van der Waals surface area contributed by atoms with E-state index in [2.05, 4.69) is 5.32 Å². The summed E-state index contributed by atoms with van der Waals surface area (Å²) < 4.78 is 15.3. The zero-order valence-electron chi connectivity index (χ0n) is 13.3. The van der Waals surface area contributed by atoms with Gasteiger partial charge in [-0.15, -0.1) is 0 Å². The number of methoxy groups -OCH3 is 2. The van der Waals surface area contributed by atoms with E-state index in [1.54, 1.807) is 20.3 Å². The molecular formula is C16H23NO5. The van der Waals surface area contributed by atoms with Crippen LogP contribution in [0.15, 0.2) is 18.2 Å². The van der Waals surface area contributed by atoms with Crippen LogP contribution in [-0.2, 0) is 20.7 Å². The Morgan fingerprint density at radius 2 is 1.73 bits per heavy atom. The van der Waals surface area contributed by atoms with Crippen LogP contribution < -0.4 is 14.8 Å². The number of hydrogen-bond donors (Lipinski definition) is 1. The molecule has 0 heterocycles. The lowest BCUT2D eigenvalue weighted by Crippen LogP contribution is -2.29. The molecule has 0 aromatic heterocycles. The Labute approximate surface area is 130 Å². The molecule has 0 bridgehead atoms. The van der Waals surface area contributed by atoms with E-state index in [1.165, 1.54) is 0 Å². The molecule has 0 atom stereocenters. The van der Waals surface area contributed by atoms with Crippen LogP contribution in [-0.4, -0.2) is 39.2 Å². The summed E-state index contributed by atoms with van der Waals surface area (Å²) in [7, 11) is 3.14. The van der Waals surface area contributed by atoms with Crippen molar-refractivity contribution in [3.63, 3.8) is 0 Å². The van der Waals surface area contributed by atoms with E-state index in [4.69, 9.17) is 14.2 Å². The molecule has 0 aliphatic carbocycles. The van der Waals surface area contributed by atoms with Crippen LogP contribution in [0.1, 0.15) is 25.3 Å². The van der Waals surface area contributed by atoms with Gasteiger partial charge in [0.05, 0.1) is 14.2 Å². The fourth-order valence-corrected chi connectivity index (χ4v) is 1.79. The molecular weight excluding hydrogens is 286 g/mol. The molecule has 0 radical (unpaired) electrons. The van der Waals surface area contributed by atoms with Crippen molar-refractivity contribution < 1.29 is 23.8 Å². The van der Waals surface area contributed by atoms with Gasteiger partial charge in [-0.1, -0.05) is 6.92 Å². The minimum atomic E-state index is -0.409. The van der Waals surface area contributed by atoms with Crippen molar-refractivity contribution in [3.05, 3.63) is 23.8 Å². The van der Waals surface area contributed by atoms with Gasteiger partial charge < -0.3 is 19.5 Å². The molecule has 1 amide bonds. The van der Waals surface area contributed by atoms with E-state index in [0.717, 1.165) is 12.0 Å². The molecule has 0 aliphatic heterocycles. The van der Waals surface area contributed by atoms with Gasteiger partial charge in [-0.3, -0.25) is 9.59 Å². The highest BCUT2D eigenvalue weighted by molar-refractivity contribution is 5.80. The molecule has 0 saturated heterocycles. The van der Waals surface area contributed by atoms with Crippen LogP contribution in [0, 0.1) is 0 Å². The van der Waals surface area contributed by atoms with Gasteiger partial charge in [0.1, 0.15) is 11.5 Å². The second-order valence-corrected chi connectivity index (χ2v) is 4.73. The third-order valence-corrected chi connectivity index (χ3v) is 2.97. The number of nitrogens with one attached hydrogen (secondary N) is 1. The average Bonchev–Trinajstić information content (AvgIpc) is 2.55. The maximum Gasteiger partial charge on any atom is 0.306 e. The smallest absolute Gasteiger partial charge is 0.306 e. The summed E-state index contributed by atoms with van der Waals surface area (Å²) in [6.45, 7) is 2.30. The van der Waals surface area contributed by atoms with E-state index in [-0.39, 0.29) is 18.9 Å². The van der Waals surface area contributed by atoms with Crippen molar-refractivity contribution in [1.29, 1.82) is 0 Å². The fourth-order valence-electron chi connectivity index (χ4n) is 1.79. The second kappa shape index (κ2) is 9.65. The van der Waals surface area contributed by atoms with Gasteiger partial charge in [0.2, 0.25) is 0 Å². The third kappa shape index (κ3) is 6.47.